The molecule has 4 aromatic rings. The van der Waals surface area contributed by atoms with E-state index in [2.05, 4.69) is 15.1 Å². The van der Waals surface area contributed by atoms with Crippen LogP contribution in [0, 0.1) is 17.5 Å². The van der Waals surface area contributed by atoms with Crippen LogP contribution in [0.15, 0.2) is 35.4 Å². The number of rotatable bonds is 6. The van der Waals surface area contributed by atoms with Gasteiger partial charge >= 0.3 is 0 Å². The summed E-state index contributed by atoms with van der Waals surface area (Å²) < 4.78 is 74.0. The first kappa shape index (κ1) is 24.2. The number of nitrogens with zero attached hydrogens (tertiary/aromatic N) is 5. The molecule has 3 aromatic heterocycles. The van der Waals surface area contributed by atoms with E-state index in [1.54, 1.807) is 25.6 Å². The number of nitrogen functional groups attached to an aromatic ring is 1. The monoisotopic (exact) mass is 507 g/mol. The third kappa shape index (κ3) is 4.56. The van der Waals surface area contributed by atoms with E-state index in [0.717, 1.165) is 0 Å². The minimum absolute atomic E-state index is 0.0929. The summed E-state index contributed by atoms with van der Waals surface area (Å²) in [6.45, 7) is 3.33. The smallest absolute Gasteiger partial charge is 0.260 e. The van der Waals surface area contributed by atoms with Gasteiger partial charge in [0.1, 0.15) is 17.1 Å². The van der Waals surface area contributed by atoms with Gasteiger partial charge in [-0.05, 0) is 32.0 Å². The number of benzene rings is 1. The van der Waals surface area contributed by atoms with Crippen molar-refractivity contribution in [3.05, 3.63) is 64.1 Å². The highest BCUT2D eigenvalue weighted by Gasteiger charge is 2.26. The zero-order valence-electron chi connectivity index (χ0n) is 18.8. The van der Waals surface area contributed by atoms with Crippen LogP contribution in [-0.4, -0.2) is 32.7 Å². The topological polar surface area (TPSA) is 138 Å². The van der Waals surface area contributed by atoms with E-state index in [-0.39, 0.29) is 28.2 Å². The van der Waals surface area contributed by atoms with Gasteiger partial charge in [0.15, 0.2) is 17.5 Å². The summed E-state index contributed by atoms with van der Waals surface area (Å²) in [7, 11) is -2.77. The molecule has 0 bridgehead atoms. The molecule has 10 nitrogen and oxygen atoms in total. The first-order valence-corrected chi connectivity index (χ1v) is 11.9. The van der Waals surface area contributed by atoms with Gasteiger partial charge in [0.25, 0.3) is 5.56 Å². The second-order valence-electron chi connectivity index (χ2n) is 8.08. The fraction of sp³-hybridized carbons (Fsp3) is 0.238. The summed E-state index contributed by atoms with van der Waals surface area (Å²) in [6.07, 6.45) is 2.79. The first-order valence-electron chi connectivity index (χ1n) is 10.2. The summed E-state index contributed by atoms with van der Waals surface area (Å²) >= 11 is 0. The number of pyridine rings is 1. The van der Waals surface area contributed by atoms with Crippen molar-refractivity contribution < 1.29 is 21.6 Å². The van der Waals surface area contributed by atoms with E-state index in [1.807, 2.05) is 0 Å². The molecule has 4 rings (SSSR count). The average Bonchev–Trinajstić information content (AvgIpc) is 3.17. The maximum Gasteiger partial charge on any atom is 0.260 e. The summed E-state index contributed by atoms with van der Waals surface area (Å²) in [5, 5.41) is 4.18. The van der Waals surface area contributed by atoms with Crippen molar-refractivity contribution in [3.8, 4) is 11.1 Å². The number of nitrogens with one attached hydrogen (secondary N) is 1. The van der Waals surface area contributed by atoms with Gasteiger partial charge in [-0.2, -0.15) is 10.1 Å². The normalized spacial score (nSPS) is 12.0. The van der Waals surface area contributed by atoms with Crippen LogP contribution in [0.4, 0.5) is 24.8 Å². The summed E-state index contributed by atoms with van der Waals surface area (Å²) in [4.78, 5) is 21.1. The number of hydrogen-bond acceptors (Lipinski definition) is 7. The maximum absolute atomic E-state index is 15.1. The Bertz CT molecular complexity index is 1630. The molecule has 0 spiro atoms. The van der Waals surface area contributed by atoms with E-state index in [4.69, 9.17) is 5.73 Å². The second-order valence-corrected chi connectivity index (χ2v) is 9.81. The quantitative estimate of drug-likeness (QED) is 0.383. The Kier molecular flexibility index (Phi) is 6.00. The standard InChI is InChI=1S/C21H20F3N7O3S/c1-10(2)31-19-11(8-26-21(25)27-19)6-14(20(31)32)13-7-15(22)18(17(24)16(13)23)29-35(33,34)9-12-4-5-30(3)28-12/h4-8,10,29H,9H2,1-3H3,(H2,25,26,27). The minimum atomic E-state index is -4.34. The lowest BCUT2D eigenvalue weighted by Gasteiger charge is -2.17. The molecule has 0 radical (unpaired) electrons. The Morgan fingerprint density at radius 3 is 2.49 bits per heavy atom. The molecule has 1 aromatic carbocycles. The van der Waals surface area contributed by atoms with Crippen LogP contribution in [0.25, 0.3) is 22.2 Å². The molecule has 0 aliphatic rings. The van der Waals surface area contributed by atoms with Crippen LogP contribution < -0.4 is 16.0 Å². The minimum Gasteiger partial charge on any atom is -0.368 e. The fourth-order valence-corrected chi connectivity index (χ4v) is 4.73. The molecule has 35 heavy (non-hydrogen) atoms. The number of aromatic nitrogens is 5. The van der Waals surface area contributed by atoms with E-state index in [0.29, 0.717) is 6.07 Å². The molecule has 14 heteroatoms. The Labute approximate surface area is 197 Å². The molecule has 0 aliphatic heterocycles. The predicted molar refractivity (Wildman–Crippen MR) is 123 cm³/mol. The maximum atomic E-state index is 15.1. The van der Waals surface area contributed by atoms with Gasteiger partial charge < -0.3 is 5.73 Å². The van der Waals surface area contributed by atoms with Crippen LogP contribution in [0.2, 0.25) is 0 Å². The van der Waals surface area contributed by atoms with Gasteiger partial charge in [-0.1, -0.05) is 0 Å². The molecule has 0 amide bonds. The molecule has 0 atom stereocenters. The van der Waals surface area contributed by atoms with Gasteiger partial charge in [0, 0.05) is 36.4 Å². The van der Waals surface area contributed by atoms with Crippen molar-refractivity contribution >= 4 is 32.7 Å². The van der Waals surface area contributed by atoms with Crippen LogP contribution in [0.5, 0.6) is 0 Å². The zero-order valence-corrected chi connectivity index (χ0v) is 19.6. The number of nitrogens with two attached hydrogens (primary N) is 1. The van der Waals surface area contributed by atoms with Crippen molar-refractivity contribution in [2.24, 2.45) is 7.05 Å². The molecule has 0 aliphatic carbocycles. The molecule has 0 saturated heterocycles. The molecule has 3 heterocycles. The second kappa shape index (κ2) is 8.69. The molecular weight excluding hydrogens is 487 g/mol. The highest BCUT2D eigenvalue weighted by Crippen LogP contribution is 2.32. The lowest BCUT2D eigenvalue weighted by molar-refractivity contribution is 0.502. The van der Waals surface area contributed by atoms with Crippen molar-refractivity contribution in [1.29, 1.82) is 0 Å². The summed E-state index contributed by atoms with van der Waals surface area (Å²) in [6, 6.07) is 2.70. The molecule has 0 fully saturated rings. The number of sulfonamides is 1. The number of fused-ring (bicyclic) bond motifs is 1. The average molecular weight is 507 g/mol. The molecular formula is C21H20F3N7O3S. The lowest BCUT2D eigenvalue weighted by atomic mass is 10.0. The van der Waals surface area contributed by atoms with Gasteiger partial charge in [-0.15, -0.1) is 0 Å². The largest absolute Gasteiger partial charge is 0.368 e. The Morgan fingerprint density at radius 1 is 1.14 bits per heavy atom. The van der Waals surface area contributed by atoms with E-state index in [9.17, 15) is 22.0 Å². The number of aryl methyl sites for hydroxylation is 1. The third-order valence-electron chi connectivity index (χ3n) is 5.12. The molecule has 184 valence electrons. The molecule has 0 unspecified atom stereocenters. The highest BCUT2D eigenvalue weighted by molar-refractivity contribution is 7.91. The van der Waals surface area contributed by atoms with Crippen molar-refractivity contribution in [1.82, 2.24) is 24.3 Å². The Hall–Kier alpha value is -3.94. The fourth-order valence-electron chi connectivity index (χ4n) is 3.62. The van der Waals surface area contributed by atoms with Gasteiger partial charge in [-0.25, -0.2) is 26.6 Å². The zero-order chi connectivity index (χ0) is 25.7. The van der Waals surface area contributed by atoms with E-state index >= 15 is 4.39 Å². The molecule has 0 saturated carbocycles. The predicted octanol–water partition coefficient (Wildman–Crippen LogP) is 2.71. The van der Waals surface area contributed by atoms with Gasteiger partial charge in [0.2, 0.25) is 16.0 Å². The SMILES string of the molecule is CC(C)n1c(=O)c(-c2cc(F)c(NS(=O)(=O)Cc3ccn(C)n3)c(F)c2F)cc2cnc(N)nc21. The summed E-state index contributed by atoms with van der Waals surface area (Å²) in [5.41, 5.74) is 2.87. The van der Waals surface area contributed by atoms with Crippen LogP contribution in [0.3, 0.4) is 0 Å². The third-order valence-corrected chi connectivity index (χ3v) is 6.31. The van der Waals surface area contributed by atoms with E-state index in [1.165, 1.54) is 33.8 Å². The Morgan fingerprint density at radius 2 is 1.86 bits per heavy atom. The summed E-state index contributed by atoms with van der Waals surface area (Å²) in [5.74, 6) is -5.60. The number of halogens is 3. The van der Waals surface area contributed by atoms with Gasteiger partial charge in [0.05, 0.1) is 11.3 Å². The van der Waals surface area contributed by atoms with Crippen molar-refractivity contribution in [3.63, 3.8) is 0 Å². The first-order chi connectivity index (χ1) is 16.4. The van der Waals surface area contributed by atoms with E-state index < -0.39 is 56.1 Å². The molecule has 3 N–H and O–H groups in total. The van der Waals surface area contributed by atoms with Crippen LogP contribution in [0.1, 0.15) is 25.6 Å². The number of hydrogen-bond donors (Lipinski definition) is 2. The van der Waals surface area contributed by atoms with Crippen molar-refractivity contribution in [2.75, 3.05) is 10.5 Å². The van der Waals surface area contributed by atoms with Crippen molar-refractivity contribution in [2.45, 2.75) is 25.6 Å². The highest BCUT2D eigenvalue weighted by atomic mass is 32.2. The van der Waals surface area contributed by atoms with Gasteiger partial charge in [-0.3, -0.25) is 18.8 Å². The van der Waals surface area contributed by atoms with Crippen LogP contribution >= 0.6 is 0 Å². The van der Waals surface area contributed by atoms with Crippen LogP contribution in [-0.2, 0) is 22.8 Å². The lowest BCUT2D eigenvalue weighted by Crippen LogP contribution is -2.25. The number of anilines is 2. The Balaban J connectivity index is 1.83.